The van der Waals surface area contributed by atoms with Gasteiger partial charge in [-0.3, -0.25) is 4.79 Å². The van der Waals surface area contributed by atoms with Crippen molar-refractivity contribution in [2.75, 3.05) is 0 Å². The minimum atomic E-state index is -0.735. The second kappa shape index (κ2) is 15.3. The summed E-state index contributed by atoms with van der Waals surface area (Å²) in [6.45, 7) is 2.21. The van der Waals surface area contributed by atoms with E-state index < -0.39 is 5.97 Å². The monoisotopic (exact) mass is 296 g/mol. The molecule has 122 valence electrons. The molecule has 0 spiro atoms. The maximum atomic E-state index is 10.3. The summed E-state index contributed by atoms with van der Waals surface area (Å²) in [4.78, 5) is 10.3. The number of carboxylic acids is 1. The van der Waals surface area contributed by atoms with E-state index in [1.807, 2.05) is 6.08 Å². The normalized spacial score (nSPS) is 13.2. The van der Waals surface area contributed by atoms with Crippen molar-refractivity contribution in [3.63, 3.8) is 0 Å². The van der Waals surface area contributed by atoms with Crippen molar-refractivity contribution in [2.45, 2.75) is 83.7 Å². The maximum absolute atomic E-state index is 10.3. The first kappa shape index (κ1) is 19.9. The molecule has 0 amide bonds. The predicted octanol–water partition coefficient (Wildman–Crippen LogP) is 4.86. The molecule has 0 aliphatic heterocycles. The molecule has 0 aliphatic carbocycles. The number of carboxylic acid groups (broad SMARTS) is 1. The number of rotatable bonds is 14. The van der Waals surface area contributed by atoms with Crippen LogP contribution in [-0.2, 0) is 4.79 Å². The van der Waals surface area contributed by atoms with Gasteiger partial charge in [0, 0.05) is 6.42 Å². The van der Waals surface area contributed by atoms with E-state index in [0.29, 0.717) is 12.8 Å². The van der Waals surface area contributed by atoms with E-state index in [2.05, 4.69) is 25.2 Å². The first-order valence-corrected chi connectivity index (χ1v) is 8.36. The molecule has 0 heterocycles. The number of carbonyl (C=O) groups is 1. The number of allylic oxidation sites excluding steroid dienone is 3. The lowest BCUT2D eigenvalue weighted by Crippen LogP contribution is -2.04. The molecule has 0 fully saturated rings. The van der Waals surface area contributed by atoms with Crippen LogP contribution in [0.25, 0.3) is 0 Å². The highest BCUT2D eigenvalue weighted by Crippen LogP contribution is 2.09. The lowest BCUT2D eigenvalue weighted by atomic mass is 10.1. The van der Waals surface area contributed by atoms with Crippen LogP contribution in [0.4, 0.5) is 0 Å². The topological polar surface area (TPSA) is 57.5 Å². The average molecular weight is 296 g/mol. The van der Waals surface area contributed by atoms with E-state index in [9.17, 15) is 9.90 Å². The minimum Gasteiger partial charge on any atom is -0.481 e. The second-order valence-corrected chi connectivity index (χ2v) is 5.56. The van der Waals surface area contributed by atoms with E-state index in [1.54, 1.807) is 0 Å². The summed E-state index contributed by atoms with van der Waals surface area (Å²) >= 11 is 0. The molecule has 21 heavy (non-hydrogen) atoms. The summed E-state index contributed by atoms with van der Waals surface area (Å²) in [6, 6.07) is 0. The lowest BCUT2D eigenvalue weighted by Gasteiger charge is -2.06. The third-order valence-electron chi connectivity index (χ3n) is 3.42. The van der Waals surface area contributed by atoms with Gasteiger partial charge in [-0.2, -0.15) is 0 Å². The predicted molar refractivity (Wildman–Crippen MR) is 88.4 cm³/mol. The fourth-order valence-corrected chi connectivity index (χ4v) is 2.11. The Labute approximate surface area is 129 Å². The van der Waals surface area contributed by atoms with E-state index in [-0.39, 0.29) is 12.5 Å². The lowest BCUT2D eigenvalue weighted by molar-refractivity contribution is -0.137. The van der Waals surface area contributed by atoms with Crippen molar-refractivity contribution in [3.8, 4) is 0 Å². The smallest absolute Gasteiger partial charge is 0.303 e. The molecule has 0 aromatic carbocycles. The summed E-state index contributed by atoms with van der Waals surface area (Å²) in [6.07, 6.45) is 18.4. The summed E-state index contributed by atoms with van der Waals surface area (Å²) < 4.78 is 0. The van der Waals surface area contributed by atoms with Gasteiger partial charge in [0.25, 0.3) is 0 Å². The zero-order valence-electron chi connectivity index (χ0n) is 13.5. The average Bonchev–Trinajstić information content (AvgIpc) is 2.45. The number of hydrogen-bond acceptors (Lipinski definition) is 2. The van der Waals surface area contributed by atoms with Crippen LogP contribution in [0, 0.1) is 0 Å². The Kier molecular flexibility index (Phi) is 14.5. The molecule has 0 saturated heterocycles. The number of unbranched alkanes of at least 4 members (excludes halogenated alkanes) is 5. The Morgan fingerprint density at radius 3 is 2.48 bits per heavy atom. The quantitative estimate of drug-likeness (QED) is 0.355. The molecule has 0 rings (SSSR count). The summed E-state index contributed by atoms with van der Waals surface area (Å²) in [5.74, 6) is -0.735. The summed E-state index contributed by atoms with van der Waals surface area (Å²) in [7, 11) is 0. The molecular weight excluding hydrogens is 264 g/mol. The van der Waals surface area contributed by atoms with Gasteiger partial charge in [-0.25, -0.2) is 0 Å². The van der Waals surface area contributed by atoms with Crippen LogP contribution >= 0.6 is 0 Å². The van der Waals surface area contributed by atoms with Crippen LogP contribution in [0.1, 0.15) is 77.6 Å². The molecule has 0 aromatic rings. The fraction of sp³-hybridized carbons (Fsp3) is 0.722. The molecule has 0 aliphatic rings. The fourth-order valence-electron chi connectivity index (χ4n) is 2.11. The second-order valence-electron chi connectivity index (χ2n) is 5.56. The molecule has 3 nitrogen and oxygen atoms in total. The van der Waals surface area contributed by atoms with Crippen molar-refractivity contribution < 1.29 is 15.0 Å². The molecular formula is C18H32O3. The van der Waals surface area contributed by atoms with Gasteiger partial charge in [0.15, 0.2) is 0 Å². The molecule has 0 radical (unpaired) electrons. The van der Waals surface area contributed by atoms with E-state index in [4.69, 9.17) is 5.11 Å². The highest BCUT2D eigenvalue weighted by atomic mass is 16.4. The van der Waals surface area contributed by atoms with Gasteiger partial charge in [-0.1, -0.05) is 56.9 Å². The van der Waals surface area contributed by atoms with Gasteiger partial charge in [0.1, 0.15) is 0 Å². The van der Waals surface area contributed by atoms with Crippen LogP contribution < -0.4 is 0 Å². The van der Waals surface area contributed by atoms with Gasteiger partial charge >= 0.3 is 5.97 Å². The molecule has 2 N–H and O–H groups in total. The van der Waals surface area contributed by atoms with Crippen molar-refractivity contribution in [1.29, 1.82) is 0 Å². The van der Waals surface area contributed by atoms with Gasteiger partial charge in [-0.15, -0.1) is 0 Å². The molecule has 3 heteroatoms. The van der Waals surface area contributed by atoms with Crippen LogP contribution in [0.2, 0.25) is 0 Å². The Balaban J connectivity index is 3.40. The van der Waals surface area contributed by atoms with Gasteiger partial charge in [0.2, 0.25) is 0 Å². The Morgan fingerprint density at radius 1 is 1.00 bits per heavy atom. The van der Waals surface area contributed by atoms with Crippen molar-refractivity contribution in [3.05, 3.63) is 24.3 Å². The van der Waals surface area contributed by atoms with E-state index in [0.717, 1.165) is 25.7 Å². The Morgan fingerprint density at radius 2 is 1.76 bits per heavy atom. The standard InChI is InChI=1S/C18H32O3/c1-2-3-4-5-6-7-8-9-11-14-17(19)15-12-10-13-16-18(20)21/h6-7,9,11,17,19H,2-5,8,10,12-16H2,1H3,(H,20,21)/b7-6-,11-9-. The maximum Gasteiger partial charge on any atom is 0.303 e. The van der Waals surface area contributed by atoms with Gasteiger partial charge in [0.05, 0.1) is 6.10 Å². The first-order chi connectivity index (χ1) is 10.2. The molecule has 1 unspecified atom stereocenters. The highest BCUT2D eigenvalue weighted by molar-refractivity contribution is 5.66. The largest absolute Gasteiger partial charge is 0.481 e. The summed E-state index contributed by atoms with van der Waals surface area (Å²) in [5.41, 5.74) is 0. The van der Waals surface area contributed by atoms with E-state index >= 15 is 0 Å². The van der Waals surface area contributed by atoms with Crippen LogP contribution in [-0.4, -0.2) is 22.3 Å². The number of aliphatic carboxylic acids is 1. The third kappa shape index (κ3) is 16.9. The third-order valence-corrected chi connectivity index (χ3v) is 3.42. The SMILES string of the molecule is CCCCC/C=C\C/C=C\CC(O)CCCCCC(=O)O. The van der Waals surface area contributed by atoms with Crippen molar-refractivity contribution >= 4 is 5.97 Å². The van der Waals surface area contributed by atoms with Crippen molar-refractivity contribution in [1.82, 2.24) is 0 Å². The molecule has 0 aromatic heterocycles. The number of hydrogen-bond donors (Lipinski definition) is 2. The Bertz CT molecular complexity index is 295. The Hall–Kier alpha value is -1.09. The van der Waals surface area contributed by atoms with Gasteiger partial charge in [-0.05, 0) is 38.5 Å². The number of aliphatic hydroxyl groups is 1. The van der Waals surface area contributed by atoms with Crippen LogP contribution in [0.5, 0.6) is 0 Å². The van der Waals surface area contributed by atoms with Crippen LogP contribution in [0.3, 0.4) is 0 Å². The zero-order valence-corrected chi connectivity index (χ0v) is 13.5. The van der Waals surface area contributed by atoms with E-state index in [1.165, 1.54) is 25.7 Å². The number of aliphatic hydroxyl groups excluding tert-OH is 1. The zero-order chi connectivity index (χ0) is 15.8. The van der Waals surface area contributed by atoms with Crippen molar-refractivity contribution in [2.24, 2.45) is 0 Å². The summed E-state index contributed by atoms with van der Waals surface area (Å²) in [5, 5.41) is 18.3. The first-order valence-electron chi connectivity index (χ1n) is 8.36. The molecule has 0 saturated carbocycles. The van der Waals surface area contributed by atoms with Crippen LogP contribution in [0.15, 0.2) is 24.3 Å². The minimum absolute atomic E-state index is 0.237. The molecule has 1 atom stereocenters. The highest BCUT2D eigenvalue weighted by Gasteiger charge is 2.02. The molecule has 0 bridgehead atoms. The van der Waals surface area contributed by atoms with Gasteiger partial charge < -0.3 is 10.2 Å².